The van der Waals surface area contributed by atoms with Crippen LogP contribution >= 0.6 is 23.4 Å². The molecule has 0 aliphatic carbocycles. The summed E-state index contributed by atoms with van der Waals surface area (Å²) in [5, 5.41) is 3.97. The van der Waals surface area contributed by atoms with E-state index in [9.17, 15) is 4.79 Å². The van der Waals surface area contributed by atoms with Crippen LogP contribution in [-0.2, 0) is 11.3 Å². The van der Waals surface area contributed by atoms with E-state index in [0.29, 0.717) is 11.6 Å². The molecule has 1 aromatic carbocycles. The topological polar surface area (TPSA) is 32.3 Å². The molecule has 1 saturated heterocycles. The minimum absolute atomic E-state index is 0.0482. The smallest absolute Gasteiger partial charge is 0.240 e. The van der Waals surface area contributed by atoms with Crippen molar-refractivity contribution in [3.63, 3.8) is 0 Å². The number of carbonyl (C=O) groups is 1. The van der Waals surface area contributed by atoms with Gasteiger partial charge in [0.25, 0.3) is 0 Å². The van der Waals surface area contributed by atoms with Gasteiger partial charge < -0.3 is 10.2 Å². The van der Waals surface area contributed by atoms with E-state index in [2.05, 4.69) is 5.32 Å². The monoisotopic (exact) mass is 284 g/mol. The standard InChI is InChI=1S/C13H17ClN2OS/c1-16(8-10-3-2-4-11(14)7-10)13(17)12-9-18-6-5-15-12/h2-4,7,12,15H,5-6,8-9H2,1H3. The van der Waals surface area contributed by atoms with Gasteiger partial charge in [0, 0.05) is 36.7 Å². The Labute approximate surface area is 117 Å². The normalized spacial score (nSPS) is 19.6. The van der Waals surface area contributed by atoms with Crippen molar-refractivity contribution in [2.45, 2.75) is 12.6 Å². The van der Waals surface area contributed by atoms with Gasteiger partial charge in [-0.1, -0.05) is 23.7 Å². The lowest BCUT2D eigenvalue weighted by atomic mass is 10.2. The third kappa shape index (κ3) is 3.64. The molecule has 0 bridgehead atoms. The number of nitrogens with one attached hydrogen (secondary N) is 1. The van der Waals surface area contributed by atoms with Crippen LogP contribution < -0.4 is 5.32 Å². The van der Waals surface area contributed by atoms with E-state index in [1.165, 1.54) is 0 Å². The van der Waals surface area contributed by atoms with Crippen molar-refractivity contribution in [3.05, 3.63) is 34.9 Å². The molecule has 1 fully saturated rings. The predicted octanol–water partition coefficient (Wildman–Crippen LogP) is 2.00. The number of benzene rings is 1. The second kappa shape index (κ2) is 6.45. The van der Waals surface area contributed by atoms with Gasteiger partial charge in [0.1, 0.15) is 0 Å². The van der Waals surface area contributed by atoms with Crippen LogP contribution in [0.4, 0.5) is 0 Å². The molecule has 0 aromatic heterocycles. The third-order valence-corrected chi connectivity index (χ3v) is 4.20. The van der Waals surface area contributed by atoms with E-state index in [-0.39, 0.29) is 11.9 Å². The maximum Gasteiger partial charge on any atom is 0.240 e. The highest BCUT2D eigenvalue weighted by Crippen LogP contribution is 2.14. The van der Waals surface area contributed by atoms with Crippen LogP contribution in [0.15, 0.2) is 24.3 Å². The van der Waals surface area contributed by atoms with E-state index in [1.807, 2.05) is 43.1 Å². The molecule has 98 valence electrons. The first-order chi connectivity index (χ1) is 8.66. The van der Waals surface area contributed by atoms with Crippen LogP contribution in [0.2, 0.25) is 5.02 Å². The van der Waals surface area contributed by atoms with Gasteiger partial charge in [0.15, 0.2) is 0 Å². The molecule has 1 heterocycles. The molecule has 1 amide bonds. The summed E-state index contributed by atoms with van der Waals surface area (Å²) in [6, 6.07) is 7.58. The minimum atomic E-state index is -0.0482. The molecule has 1 aliphatic heterocycles. The van der Waals surface area contributed by atoms with Crippen molar-refractivity contribution >= 4 is 29.3 Å². The summed E-state index contributed by atoms with van der Waals surface area (Å²) in [7, 11) is 1.84. The second-order valence-electron chi connectivity index (χ2n) is 4.41. The summed E-state index contributed by atoms with van der Waals surface area (Å²) in [5.74, 6) is 2.10. The molecule has 2 rings (SSSR count). The Morgan fingerprint density at radius 3 is 3.11 bits per heavy atom. The molecule has 5 heteroatoms. The Bertz CT molecular complexity index is 421. The quantitative estimate of drug-likeness (QED) is 0.921. The average Bonchev–Trinajstić information content (AvgIpc) is 2.39. The van der Waals surface area contributed by atoms with E-state index >= 15 is 0 Å². The zero-order valence-electron chi connectivity index (χ0n) is 10.4. The molecule has 0 spiro atoms. The highest BCUT2D eigenvalue weighted by Gasteiger charge is 2.23. The van der Waals surface area contributed by atoms with E-state index < -0.39 is 0 Å². The van der Waals surface area contributed by atoms with Gasteiger partial charge in [-0.15, -0.1) is 0 Å². The third-order valence-electron chi connectivity index (χ3n) is 2.90. The number of thioether (sulfide) groups is 1. The van der Waals surface area contributed by atoms with Gasteiger partial charge in [-0.2, -0.15) is 11.8 Å². The highest BCUT2D eigenvalue weighted by molar-refractivity contribution is 7.99. The van der Waals surface area contributed by atoms with Gasteiger partial charge in [-0.05, 0) is 17.7 Å². The lowest BCUT2D eigenvalue weighted by Gasteiger charge is -2.27. The minimum Gasteiger partial charge on any atom is -0.340 e. The zero-order valence-corrected chi connectivity index (χ0v) is 11.9. The second-order valence-corrected chi connectivity index (χ2v) is 5.99. The first kappa shape index (κ1) is 13.7. The predicted molar refractivity (Wildman–Crippen MR) is 77.0 cm³/mol. The van der Waals surface area contributed by atoms with Crippen LogP contribution in [0.3, 0.4) is 0 Å². The first-order valence-corrected chi connectivity index (χ1v) is 7.50. The van der Waals surface area contributed by atoms with Crippen molar-refractivity contribution in [1.82, 2.24) is 10.2 Å². The lowest BCUT2D eigenvalue weighted by molar-refractivity contribution is -0.132. The molecule has 0 radical (unpaired) electrons. The van der Waals surface area contributed by atoms with Crippen LogP contribution in [0.1, 0.15) is 5.56 Å². The number of amides is 1. The van der Waals surface area contributed by atoms with Gasteiger partial charge in [0.05, 0.1) is 6.04 Å². The molecule has 1 atom stereocenters. The Morgan fingerprint density at radius 2 is 2.44 bits per heavy atom. The summed E-state index contributed by atoms with van der Waals surface area (Å²) in [4.78, 5) is 14.0. The number of halogens is 1. The molecular weight excluding hydrogens is 268 g/mol. The molecule has 1 aromatic rings. The lowest BCUT2D eigenvalue weighted by Crippen LogP contribution is -2.49. The van der Waals surface area contributed by atoms with E-state index in [4.69, 9.17) is 11.6 Å². The number of carbonyl (C=O) groups excluding carboxylic acids is 1. The average molecular weight is 285 g/mol. The number of hydrogen-bond donors (Lipinski definition) is 1. The van der Waals surface area contributed by atoms with E-state index in [0.717, 1.165) is 23.6 Å². The van der Waals surface area contributed by atoms with Gasteiger partial charge in [-0.25, -0.2) is 0 Å². The molecule has 1 aliphatic rings. The molecular formula is C13H17ClN2OS. The van der Waals surface area contributed by atoms with Crippen LogP contribution in [0.25, 0.3) is 0 Å². The molecule has 0 saturated carbocycles. The molecule has 1 unspecified atom stereocenters. The summed E-state index contributed by atoms with van der Waals surface area (Å²) in [6.45, 7) is 1.51. The maximum absolute atomic E-state index is 12.2. The Hall–Kier alpha value is -0.710. The largest absolute Gasteiger partial charge is 0.340 e. The van der Waals surface area contributed by atoms with Crippen molar-refractivity contribution in [1.29, 1.82) is 0 Å². The zero-order chi connectivity index (χ0) is 13.0. The van der Waals surface area contributed by atoms with Gasteiger partial charge in [-0.3, -0.25) is 4.79 Å². The number of hydrogen-bond acceptors (Lipinski definition) is 3. The fourth-order valence-electron chi connectivity index (χ4n) is 1.98. The Morgan fingerprint density at radius 1 is 1.61 bits per heavy atom. The first-order valence-electron chi connectivity index (χ1n) is 5.97. The fraction of sp³-hybridized carbons (Fsp3) is 0.462. The molecule has 1 N–H and O–H groups in total. The fourth-order valence-corrected chi connectivity index (χ4v) is 3.12. The van der Waals surface area contributed by atoms with Gasteiger partial charge in [0.2, 0.25) is 5.91 Å². The summed E-state index contributed by atoms with van der Waals surface area (Å²) in [5.41, 5.74) is 1.06. The molecule has 3 nitrogen and oxygen atoms in total. The van der Waals surface area contributed by atoms with Crippen LogP contribution in [0, 0.1) is 0 Å². The van der Waals surface area contributed by atoms with Crippen molar-refractivity contribution in [2.24, 2.45) is 0 Å². The molecule has 18 heavy (non-hydrogen) atoms. The highest BCUT2D eigenvalue weighted by atomic mass is 35.5. The SMILES string of the molecule is CN(Cc1cccc(Cl)c1)C(=O)C1CSCCN1. The Balaban J connectivity index is 1.94. The van der Waals surface area contributed by atoms with Crippen molar-refractivity contribution < 1.29 is 4.79 Å². The Kier molecular flexibility index (Phi) is 4.92. The van der Waals surface area contributed by atoms with Crippen LogP contribution in [-0.4, -0.2) is 41.9 Å². The summed E-state index contributed by atoms with van der Waals surface area (Å²) in [6.07, 6.45) is 0. The summed E-state index contributed by atoms with van der Waals surface area (Å²) < 4.78 is 0. The van der Waals surface area contributed by atoms with Gasteiger partial charge >= 0.3 is 0 Å². The summed E-state index contributed by atoms with van der Waals surface area (Å²) >= 11 is 7.76. The number of likely N-dealkylation sites (N-methyl/N-ethyl adjacent to an activating group) is 1. The van der Waals surface area contributed by atoms with Crippen molar-refractivity contribution in [3.8, 4) is 0 Å². The van der Waals surface area contributed by atoms with Crippen LogP contribution in [0.5, 0.6) is 0 Å². The van der Waals surface area contributed by atoms with Crippen molar-refractivity contribution in [2.75, 3.05) is 25.1 Å². The maximum atomic E-state index is 12.2. The number of nitrogens with zero attached hydrogens (tertiary/aromatic N) is 1. The van der Waals surface area contributed by atoms with E-state index in [1.54, 1.807) is 4.90 Å². The number of rotatable bonds is 3.